The molecular weight excluding hydrogens is 256 g/mol. The molecule has 0 aromatic carbocycles. The minimum absolute atomic E-state index is 0.266. The maximum absolute atomic E-state index is 11.0. The Morgan fingerprint density at radius 2 is 2.10 bits per heavy atom. The van der Waals surface area contributed by atoms with E-state index in [9.17, 15) is 4.79 Å². The molecule has 0 radical (unpaired) electrons. The third-order valence-electron chi connectivity index (χ3n) is 4.03. The van der Waals surface area contributed by atoms with Crippen molar-refractivity contribution >= 4 is 11.6 Å². The Balaban J connectivity index is 1.84. The molecule has 2 aromatic heterocycles. The topological polar surface area (TPSA) is 70.7 Å². The van der Waals surface area contributed by atoms with Gasteiger partial charge in [0.05, 0.1) is 5.56 Å². The number of carbonyl (C=O) groups is 1. The number of nitrogens with zero attached hydrogens (tertiary/aromatic N) is 4. The van der Waals surface area contributed by atoms with Crippen LogP contribution >= 0.6 is 0 Å². The van der Waals surface area contributed by atoms with Crippen molar-refractivity contribution < 1.29 is 9.90 Å². The summed E-state index contributed by atoms with van der Waals surface area (Å²) in [6, 6.07) is 3.26. The first-order valence-corrected chi connectivity index (χ1v) is 6.89. The fourth-order valence-electron chi connectivity index (χ4n) is 2.73. The van der Waals surface area contributed by atoms with Crippen molar-refractivity contribution in [1.82, 2.24) is 19.5 Å². The van der Waals surface area contributed by atoms with Crippen LogP contribution in [0.25, 0.3) is 5.65 Å². The van der Waals surface area contributed by atoms with E-state index in [1.54, 1.807) is 18.3 Å². The van der Waals surface area contributed by atoms with Crippen molar-refractivity contribution in [3.63, 3.8) is 0 Å². The molecule has 3 rings (SSSR count). The van der Waals surface area contributed by atoms with Gasteiger partial charge in [-0.2, -0.15) is 0 Å². The van der Waals surface area contributed by atoms with Crippen molar-refractivity contribution in [2.45, 2.75) is 19.3 Å². The molecule has 106 valence electrons. The lowest BCUT2D eigenvalue weighted by Gasteiger charge is -2.28. The van der Waals surface area contributed by atoms with Gasteiger partial charge in [-0.05, 0) is 51.0 Å². The standard InChI is InChI=1S/C14H18N4O2/c1-17-6-4-10(5-7-17)8-13-16-15-12-3-2-11(14(19)20)9-18(12)13/h2-3,9-10H,4-8H2,1H3,(H,19,20). The zero-order chi connectivity index (χ0) is 14.1. The van der Waals surface area contributed by atoms with E-state index < -0.39 is 5.97 Å². The molecule has 1 N–H and O–H groups in total. The highest BCUT2D eigenvalue weighted by molar-refractivity contribution is 5.87. The molecule has 1 fully saturated rings. The number of carboxylic acids is 1. The van der Waals surface area contributed by atoms with Gasteiger partial charge in [-0.25, -0.2) is 4.79 Å². The van der Waals surface area contributed by atoms with Crippen LogP contribution in [0.2, 0.25) is 0 Å². The molecule has 0 spiro atoms. The van der Waals surface area contributed by atoms with Crippen LogP contribution in [-0.4, -0.2) is 50.7 Å². The van der Waals surface area contributed by atoms with Crippen LogP contribution in [0.15, 0.2) is 18.3 Å². The Morgan fingerprint density at radius 3 is 2.80 bits per heavy atom. The van der Waals surface area contributed by atoms with E-state index in [4.69, 9.17) is 5.11 Å². The van der Waals surface area contributed by atoms with E-state index in [1.807, 2.05) is 4.40 Å². The number of piperidine rings is 1. The van der Waals surface area contributed by atoms with E-state index in [0.29, 0.717) is 11.6 Å². The zero-order valence-corrected chi connectivity index (χ0v) is 11.5. The first-order valence-electron chi connectivity index (χ1n) is 6.89. The Bertz CT molecular complexity index is 629. The second-order valence-corrected chi connectivity index (χ2v) is 5.52. The van der Waals surface area contributed by atoms with Crippen LogP contribution in [-0.2, 0) is 6.42 Å². The number of carboxylic acid groups (broad SMARTS) is 1. The van der Waals surface area contributed by atoms with Gasteiger partial charge in [-0.1, -0.05) is 0 Å². The second-order valence-electron chi connectivity index (χ2n) is 5.52. The largest absolute Gasteiger partial charge is 0.478 e. The summed E-state index contributed by atoms with van der Waals surface area (Å²) in [7, 11) is 2.14. The van der Waals surface area contributed by atoms with Crippen LogP contribution in [0.4, 0.5) is 0 Å². The van der Waals surface area contributed by atoms with E-state index >= 15 is 0 Å². The SMILES string of the molecule is CN1CCC(Cc2nnc3ccc(C(=O)O)cn23)CC1. The fraction of sp³-hybridized carbons (Fsp3) is 0.500. The Labute approximate surface area is 117 Å². The van der Waals surface area contributed by atoms with E-state index in [-0.39, 0.29) is 5.56 Å². The minimum atomic E-state index is -0.925. The zero-order valence-electron chi connectivity index (χ0n) is 11.5. The van der Waals surface area contributed by atoms with Gasteiger partial charge in [0.1, 0.15) is 5.82 Å². The highest BCUT2D eigenvalue weighted by atomic mass is 16.4. The number of likely N-dealkylation sites (tertiary alicyclic amines) is 1. The Hall–Kier alpha value is -1.95. The van der Waals surface area contributed by atoms with Crippen LogP contribution < -0.4 is 0 Å². The van der Waals surface area contributed by atoms with Gasteiger partial charge in [0, 0.05) is 12.6 Å². The summed E-state index contributed by atoms with van der Waals surface area (Å²) >= 11 is 0. The molecule has 0 unspecified atom stereocenters. The maximum atomic E-state index is 11.0. The number of hydrogen-bond acceptors (Lipinski definition) is 4. The molecule has 1 saturated heterocycles. The summed E-state index contributed by atoms with van der Waals surface area (Å²) in [4.78, 5) is 13.4. The van der Waals surface area contributed by atoms with E-state index in [1.165, 1.54) is 0 Å². The normalized spacial score (nSPS) is 17.6. The first kappa shape index (κ1) is 13.1. The predicted molar refractivity (Wildman–Crippen MR) is 73.9 cm³/mol. The van der Waals surface area contributed by atoms with Crippen LogP contribution in [0.5, 0.6) is 0 Å². The van der Waals surface area contributed by atoms with Crippen LogP contribution in [0, 0.1) is 5.92 Å². The van der Waals surface area contributed by atoms with Gasteiger partial charge in [0.15, 0.2) is 5.65 Å². The van der Waals surface area contributed by atoms with Crippen LogP contribution in [0.3, 0.4) is 0 Å². The van der Waals surface area contributed by atoms with Crippen molar-refractivity contribution in [3.05, 3.63) is 29.7 Å². The number of hydrogen-bond donors (Lipinski definition) is 1. The lowest BCUT2D eigenvalue weighted by atomic mass is 9.93. The highest BCUT2D eigenvalue weighted by Gasteiger charge is 2.19. The molecular formula is C14H18N4O2. The van der Waals surface area contributed by atoms with Crippen molar-refractivity contribution in [3.8, 4) is 0 Å². The predicted octanol–water partition coefficient (Wildman–Crippen LogP) is 1.31. The molecule has 6 nitrogen and oxygen atoms in total. The summed E-state index contributed by atoms with van der Waals surface area (Å²) in [5.41, 5.74) is 0.972. The summed E-state index contributed by atoms with van der Waals surface area (Å²) in [6.07, 6.45) is 4.79. The Kier molecular flexibility index (Phi) is 3.40. The summed E-state index contributed by atoms with van der Waals surface area (Å²) in [5.74, 6) is 0.538. The molecule has 0 amide bonds. The monoisotopic (exact) mass is 274 g/mol. The van der Waals surface area contributed by atoms with Gasteiger partial charge in [0.25, 0.3) is 0 Å². The molecule has 0 aliphatic carbocycles. The Morgan fingerprint density at radius 1 is 1.35 bits per heavy atom. The molecule has 1 aliphatic heterocycles. The number of aromatic nitrogens is 3. The van der Waals surface area contributed by atoms with Gasteiger partial charge < -0.3 is 10.0 Å². The van der Waals surface area contributed by atoms with E-state index in [2.05, 4.69) is 22.1 Å². The number of aromatic carboxylic acids is 1. The second kappa shape index (κ2) is 5.20. The van der Waals surface area contributed by atoms with Crippen molar-refractivity contribution in [1.29, 1.82) is 0 Å². The molecule has 1 aliphatic rings. The quantitative estimate of drug-likeness (QED) is 0.913. The third kappa shape index (κ3) is 2.51. The summed E-state index contributed by atoms with van der Waals surface area (Å²) < 4.78 is 1.81. The number of fused-ring (bicyclic) bond motifs is 1. The van der Waals surface area contributed by atoms with Gasteiger partial charge in [0.2, 0.25) is 0 Å². The first-order chi connectivity index (χ1) is 9.63. The van der Waals surface area contributed by atoms with E-state index in [0.717, 1.165) is 38.2 Å². The molecule has 3 heterocycles. The smallest absolute Gasteiger partial charge is 0.337 e. The molecule has 0 bridgehead atoms. The molecule has 2 aromatic rings. The molecule has 0 atom stereocenters. The lowest BCUT2D eigenvalue weighted by Crippen LogP contribution is -2.31. The van der Waals surface area contributed by atoms with Gasteiger partial charge >= 0.3 is 5.97 Å². The molecule has 6 heteroatoms. The fourth-order valence-corrected chi connectivity index (χ4v) is 2.73. The molecule has 0 saturated carbocycles. The molecule has 20 heavy (non-hydrogen) atoms. The average Bonchev–Trinajstić information content (AvgIpc) is 2.84. The maximum Gasteiger partial charge on any atom is 0.337 e. The number of rotatable bonds is 3. The van der Waals surface area contributed by atoms with Crippen LogP contribution in [0.1, 0.15) is 29.0 Å². The van der Waals surface area contributed by atoms with Gasteiger partial charge in [-0.3, -0.25) is 4.40 Å². The highest BCUT2D eigenvalue weighted by Crippen LogP contribution is 2.20. The average molecular weight is 274 g/mol. The van der Waals surface area contributed by atoms with Crippen molar-refractivity contribution in [2.75, 3.05) is 20.1 Å². The van der Waals surface area contributed by atoms with Crippen molar-refractivity contribution in [2.24, 2.45) is 5.92 Å². The minimum Gasteiger partial charge on any atom is -0.478 e. The third-order valence-corrected chi connectivity index (χ3v) is 4.03. The number of pyridine rings is 1. The van der Waals surface area contributed by atoms with Gasteiger partial charge in [-0.15, -0.1) is 10.2 Å². The summed E-state index contributed by atoms with van der Waals surface area (Å²) in [5, 5.41) is 17.4. The lowest BCUT2D eigenvalue weighted by molar-refractivity contribution is 0.0696. The summed E-state index contributed by atoms with van der Waals surface area (Å²) in [6.45, 7) is 2.23.